The van der Waals surface area contributed by atoms with E-state index in [4.69, 9.17) is 0 Å². The van der Waals surface area contributed by atoms with Crippen LogP contribution in [-0.2, 0) is 4.79 Å². The summed E-state index contributed by atoms with van der Waals surface area (Å²) in [7, 11) is 0. The zero-order valence-corrected chi connectivity index (χ0v) is 12.9. The van der Waals surface area contributed by atoms with E-state index in [1.165, 1.54) is 0 Å². The van der Waals surface area contributed by atoms with Gasteiger partial charge in [-0.2, -0.15) is 0 Å². The number of H-pyrrole nitrogens is 1. The lowest BCUT2D eigenvalue weighted by Crippen LogP contribution is -2.45. The molecule has 3 N–H and O–H groups in total. The van der Waals surface area contributed by atoms with Crippen LogP contribution in [0.5, 0.6) is 0 Å². The van der Waals surface area contributed by atoms with Gasteiger partial charge in [-0.05, 0) is 37.7 Å². The van der Waals surface area contributed by atoms with Gasteiger partial charge in [0.05, 0.1) is 5.39 Å². The zero-order chi connectivity index (χ0) is 15.8. The van der Waals surface area contributed by atoms with Crippen LogP contribution < -0.4 is 10.2 Å². The molecule has 1 saturated carbocycles. The quantitative estimate of drug-likeness (QED) is 0.776. The van der Waals surface area contributed by atoms with Crippen LogP contribution in [-0.4, -0.2) is 51.2 Å². The molecule has 1 amide bonds. The minimum atomic E-state index is -0.893. The van der Waals surface area contributed by atoms with Gasteiger partial charge in [0.25, 0.3) is 0 Å². The maximum atomic E-state index is 12.0. The Morgan fingerprint density at radius 3 is 2.83 bits per heavy atom. The molecule has 2 aliphatic rings. The van der Waals surface area contributed by atoms with E-state index in [0.29, 0.717) is 6.04 Å². The van der Waals surface area contributed by atoms with Crippen molar-refractivity contribution in [2.45, 2.75) is 37.8 Å². The van der Waals surface area contributed by atoms with Crippen LogP contribution in [0.1, 0.15) is 25.7 Å². The van der Waals surface area contributed by atoms with E-state index in [1.54, 1.807) is 6.33 Å². The van der Waals surface area contributed by atoms with Crippen LogP contribution in [0.25, 0.3) is 11.0 Å². The highest BCUT2D eigenvalue weighted by Crippen LogP contribution is 2.28. The molecule has 7 nitrogen and oxygen atoms in total. The molecule has 3 heterocycles. The van der Waals surface area contributed by atoms with Gasteiger partial charge in [-0.3, -0.25) is 4.79 Å². The predicted molar refractivity (Wildman–Crippen MR) is 86.0 cm³/mol. The van der Waals surface area contributed by atoms with Crippen molar-refractivity contribution in [3.63, 3.8) is 0 Å². The van der Waals surface area contributed by atoms with E-state index < -0.39 is 6.10 Å². The zero-order valence-electron chi connectivity index (χ0n) is 12.9. The number of carbonyl (C=O) groups is 1. The van der Waals surface area contributed by atoms with E-state index in [0.717, 1.165) is 55.6 Å². The number of carbonyl (C=O) groups excluding carboxylic acids is 1. The molecule has 1 unspecified atom stereocenters. The monoisotopic (exact) mass is 315 g/mol. The van der Waals surface area contributed by atoms with Crippen LogP contribution >= 0.6 is 0 Å². The molecular formula is C16H21N5O2. The first kappa shape index (κ1) is 14.4. The SMILES string of the molecule is O=C(NC1CC1)C(O)C1CCN(c2ncnc3[nH]ccc23)CC1. The number of hydrogen-bond donors (Lipinski definition) is 3. The number of nitrogens with zero attached hydrogens (tertiary/aromatic N) is 3. The van der Waals surface area contributed by atoms with Crippen LogP contribution in [0, 0.1) is 5.92 Å². The van der Waals surface area contributed by atoms with Gasteiger partial charge in [-0.25, -0.2) is 9.97 Å². The smallest absolute Gasteiger partial charge is 0.249 e. The second-order valence-electron chi connectivity index (χ2n) is 6.49. The standard InChI is InChI=1S/C16H21N5O2/c22-13(16(23)20-11-1-2-11)10-4-7-21(8-5-10)15-12-3-6-17-14(12)18-9-19-15/h3,6,9-11,13,22H,1-2,4-5,7-8H2,(H,20,23)(H,17,18,19). The minimum absolute atomic E-state index is 0.0218. The van der Waals surface area contributed by atoms with Gasteiger partial charge in [0.2, 0.25) is 5.91 Å². The van der Waals surface area contributed by atoms with Crippen molar-refractivity contribution >= 4 is 22.8 Å². The number of piperidine rings is 1. The van der Waals surface area contributed by atoms with Gasteiger partial charge in [0.15, 0.2) is 0 Å². The Morgan fingerprint density at radius 2 is 2.09 bits per heavy atom. The van der Waals surface area contributed by atoms with Crippen molar-refractivity contribution in [1.29, 1.82) is 0 Å². The average Bonchev–Trinajstić information content (AvgIpc) is 3.26. The number of fused-ring (bicyclic) bond motifs is 1. The summed E-state index contributed by atoms with van der Waals surface area (Å²) in [6, 6.07) is 2.27. The highest BCUT2D eigenvalue weighted by atomic mass is 16.3. The molecule has 0 spiro atoms. The summed E-state index contributed by atoms with van der Waals surface area (Å²) in [6.45, 7) is 1.57. The lowest BCUT2D eigenvalue weighted by Gasteiger charge is -2.34. The molecule has 0 bridgehead atoms. The number of aliphatic hydroxyl groups excluding tert-OH is 1. The van der Waals surface area contributed by atoms with Crippen molar-refractivity contribution in [1.82, 2.24) is 20.3 Å². The van der Waals surface area contributed by atoms with E-state index >= 15 is 0 Å². The second kappa shape index (κ2) is 5.81. The van der Waals surface area contributed by atoms with E-state index in [-0.39, 0.29) is 11.8 Å². The second-order valence-corrected chi connectivity index (χ2v) is 6.49. The lowest BCUT2D eigenvalue weighted by molar-refractivity contribution is -0.132. The van der Waals surface area contributed by atoms with Gasteiger partial charge in [0.1, 0.15) is 23.9 Å². The normalized spacial score (nSPS) is 20.7. The molecule has 0 aromatic carbocycles. The van der Waals surface area contributed by atoms with Crippen molar-refractivity contribution in [2.75, 3.05) is 18.0 Å². The summed E-state index contributed by atoms with van der Waals surface area (Å²) in [5, 5.41) is 14.2. The molecule has 23 heavy (non-hydrogen) atoms. The molecular weight excluding hydrogens is 294 g/mol. The first-order chi connectivity index (χ1) is 11.2. The van der Waals surface area contributed by atoms with Gasteiger partial charge in [0, 0.05) is 25.3 Å². The molecule has 122 valence electrons. The number of aromatic nitrogens is 3. The van der Waals surface area contributed by atoms with Gasteiger partial charge >= 0.3 is 0 Å². The Bertz CT molecular complexity index is 703. The number of rotatable bonds is 4. The maximum Gasteiger partial charge on any atom is 0.249 e. The first-order valence-electron chi connectivity index (χ1n) is 8.24. The largest absolute Gasteiger partial charge is 0.383 e. The summed E-state index contributed by atoms with van der Waals surface area (Å²) in [6.07, 6.45) is 6.19. The van der Waals surface area contributed by atoms with E-state index in [1.807, 2.05) is 12.3 Å². The van der Waals surface area contributed by atoms with Crippen LogP contribution in [0.3, 0.4) is 0 Å². The predicted octanol–water partition coefficient (Wildman–Crippen LogP) is 0.814. The van der Waals surface area contributed by atoms with E-state index in [9.17, 15) is 9.90 Å². The van der Waals surface area contributed by atoms with Crippen molar-refractivity contribution < 1.29 is 9.90 Å². The molecule has 1 saturated heterocycles. The average molecular weight is 315 g/mol. The minimum Gasteiger partial charge on any atom is -0.383 e. The first-order valence-corrected chi connectivity index (χ1v) is 8.24. The molecule has 1 aliphatic carbocycles. The number of nitrogens with one attached hydrogen (secondary N) is 2. The molecule has 1 aliphatic heterocycles. The number of anilines is 1. The van der Waals surface area contributed by atoms with Crippen molar-refractivity contribution in [2.24, 2.45) is 5.92 Å². The van der Waals surface area contributed by atoms with Gasteiger partial charge in [-0.1, -0.05) is 0 Å². The van der Waals surface area contributed by atoms with Crippen molar-refractivity contribution in [3.8, 4) is 0 Å². The molecule has 2 aromatic heterocycles. The number of aliphatic hydroxyl groups is 1. The molecule has 4 rings (SSSR count). The number of hydrogen-bond acceptors (Lipinski definition) is 5. The summed E-state index contributed by atoms with van der Waals surface area (Å²) in [5.74, 6) is 0.737. The van der Waals surface area contributed by atoms with Crippen LogP contribution in [0.4, 0.5) is 5.82 Å². The number of amides is 1. The molecule has 2 fully saturated rings. The van der Waals surface area contributed by atoms with Crippen LogP contribution in [0.15, 0.2) is 18.6 Å². The van der Waals surface area contributed by atoms with Crippen LogP contribution in [0.2, 0.25) is 0 Å². The third-order valence-corrected chi connectivity index (χ3v) is 4.81. The topological polar surface area (TPSA) is 94.1 Å². The van der Waals surface area contributed by atoms with Crippen molar-refractivity contribution in [3.05, 3.63) is 18.6 Å². The fraction of sp³-hybridized carbons (Fsp3) is 0.562. The molecule has 7 heteroatoms. The summed E-state index contributed by atoms with van der Waals surface area (Å²) >= 11 is 0. The third-order valence-electron chi connectivity index (χ3n) is 4.81. The summed E-state index contributed by atoms with van der Waals surface area (Å²) < 4.78 is 0. The Hall–Kier alpha value is -2.15. The number of aromatic amines is 1. The van der Waals surface area contributed by atoms with E-state index in [2.05, 4.69) is 25.2 Å². The summed E-state index contributed by atoms with van der Waals surface area (Å²) in [5.41, 5.74) is 0.834. The molecule has 1 atom stereocenters. The highest BCUT2D eigenvalue weighted by Gasteiger charge is 2.33. The highest BCUT2D eigenvalue weighted by molar-refractivity contribution is 5.87. The Kier molecular flexibility index (Phi) is 3.65. The Morgan fingerprint density at radius 1 is 1.30 bits per heavy atom. The summed E-state index contributed by atoms with van der Waals surface area (Å²) in [4.78, 5) is 25.9. The van der Waals surface area contributed by atoms with Gasteiger partial charge < -0.3 is 20.3 Å². The molecule has 0 radical (unpaired) electrons. The van der Waals surface area contributed by atoms with Gasteiger partial charge in [-0.15, -0.1) is 0 Å². The fourth-order valence-electron chi connectivity index (χ4n) is 3.27. The fourth-order valence-corrected chi connectivity index (χ4v) is 3.27. The Labute approximate surface area is 134 Å². The maximum absolute atomic E-state index is 12.0. The third kappa shape index (κ3) is 2.88. The molecule has 2 aromatic rings. The lowest BCUT2D eigenvalue weighted by atomic mass is 9.90. The Balaban J connectivity index is 1.40.